The Balaban J connectivity index is 1.76. The monoisotopic (exact) mass is 316 g/mol. The summed E-state index contributed by atoms with van der Waals surface area (Å²) in [5.74, 6) is 0.175. The van der Waals surface area contributed by atoms with E-state index in [2.05, 4.69) is 0 Å². The van der Waals surface area contributed by atoms with Gasteiger partial charge in [-0.3, -0.25) is 4.79 Å². The van der Waals surface area contributed by atoms with Gasteiger partial charge in [0.05, 0.1) is 4.24 Å². The topological polar surface area (TPSA) is 17.1 Å². The number of hydrogen-bond donors (Lipinski definition) is 0. The minimum Gasteiger partial charge on any atom is -0.289 e. The van der Waals surface area contributed by atoms with Gasteiger partial charge in [0.2, 0.25) is 0 Å². The Labute approximate surface area is 130 Å². The van der Waals surface area contributed by atoms with Crippen LogP contribution in [-0.4, -0.2) is 5.78 Å². The molecule has 0 N–H and O–H groups in total. The number of hydrogen-bond acceptors (Lipinski definition) is 3. The number of rotatable bonds is 0. The molecule has 1 aliphatic carbocycles. The third-order valence-electron chi connectivity index (χ3n) is 3.46. The van der Waals surface area contributed by atoms with E-state index >= 15 is 0 Å². The van der Waals surface area contributed by atoms with Crippen LogP contribution in [-0.2, 0) is 6.42 Å². The zero-order valence-electron chi connectivity index (χ0n) is 10.4. The van der Waals surface area contributed by atoms with Gasteiger partial charge in [0.25, 0.3) is 0 Å². The molecule has 0 saturated carbocycles. The molecule has 0 unspecified atom stereocenters. The summed E-state index contributed by atoms with van der Waals surface area (Å²) < 4.78 is 1.10. The van der Waals surface area contributed by atoms with Gasteiger partial charge in [-0.05, 0) is 23.8 Å². The smallest absolute Gasteiger partial charge is 0.191 e. The van der Waals surface area contributed by atoms with Crippen molar-refractivity contribution in [1.82, 2.24) is 0 Å². The molecule has 4 heteroatoms. The van der Waals surface area contributed by atoms with Gasteiger partial charge in [0.1, 0.15) is 0 Å². The maximum absolute atomic E-state index is 12.5. The van der Waals surface area contributed by atoms with Crippen LogP contribution in [0.1, 0.15) is 15.9 Å². The van der Waals surface area contributed by atoms with Gasteiger partial charge in [-0.25, -0.2) is 0 Å². The van der Waals surface area contributed by atoms with Crippen LogP contribution in [0.5, 0.6) is 0 Å². The fraction of sp³-hybridized carbons (Fsp3) is 0.0625. The standard InChI is InChI=1S/C16H9ClOS2/c17-10-5-6-13-14(8-10)20-16(19-13)12-7-9-3-1-2-4-11(9)15(12)18/h1-6,8H,7H2/b16-12+. The highest BCUT2D eigenvalue weighted by molar-refractivity contribution is 8.24. The summed E-state index contributed by atoms with van der Waals surface area (Å²) >= 11 is 9.37. The lowest BCUT2D eigenvalue weighted by Gasteiger charge is -1.99. The molecule has 0 amide bonds. The lowest BCUT2D eigenvalue weighted by atomic mass is 10.1. The van der Waals surface area contributed by atoms with Gasteiger partial charge in [0, 0.05) is 32.4 Å². The summed E-state index contributed by atoms with van der Waals surface area (Å²) in [5.41, 5.74) is 2.91. The number of carbonyl (C=O) groups excluding carboxylic acids is 1. The van der Waals surface area contributed by atoms with Gasteiger partial charge in [0.15, 0.2) is 5.78 Å². The fourth-order valence-corrected chi connectivity index (χ4v) is 5.30. The van der Waals surface area contributed by atoms with Crippen molar-refractivity contribution in [2.45, 2.75) is 16.2 Å². The summed E-state index contributed by atoms with van der Waals surface area (Å²) in [5, 5.41) is 0.740. The Morgan fingerprint density at radius 2 is 1.80 bits per heavy atom. The molecule has 0 radical (unpaired) electrons. The number of allylic oxidation sites excluding steroid dienone is 1. The van der Waals surface area contributed by atoms with Crippen LogP contribution in [0.3, 0.4) is 0 Å². The number of ketones is 1. The second-order valence-electron chi connectivity index (χ2n) is 4.72. The van der Waals surface area contributed by atoms with E-state index in [1.165, 1.54) is 4.90 Å². The minimum atomic E-state index is 0.175. The van der Waals surface area contributed by atoms with E-state index in [0.29, 0.717) is 0 Å². The van der Waals surface area contributed by atoms with Crippen molar-refractivity contribution in [2.75, 3.05) is 0 Å². The van der Waals surface area contributed by atoms with Crippen molar-refractivity contribution in [3.63, 3.8) is 0 Å². The first kappa shape index (κ1) is 12.6. The van der Waals surface area contributed by atoms with Gasteiger partial charge < -0.3 is 0 Å². The van der Waals surface area contributed by atoms with Crippen LogP contribution >= 0.6 is 35.1 Å². The van der Waals surface area contributed by atoms with E-state index in [0.717, 1.165) is 37.3 Å². The summed E-state index contributed by atoms with van der Waals surface area (Å²) in [6.45, 7) is 0. The third-order valence-corrected chi connectivity index (χ3v) is 6.32. The molecule has 0 spiro atoms. The number of carbonyl (C=O) groups is 1. The number of halogens is 1. The number of Topliss-reactive ketones (excluding diaryl/α,β-unsaturated/α-hetero) is 1. The molecule has 0 aromatic heterocycles. The Kier molecular flexibility index (Phi) is 2.95. The van der Waals surface area contributed by atoms with Crippen LogP contribution in [0.2, 0.25) is 5.02 Å². The van der Waals surface area contributed by atoms with Gasteiger partial charge in [-0.1, -0.05) is 59.4 Å². The Morgan fingerprint density at radius 3 is 2.65 bits per heavy atom. The molecule has 0 saturated heterocycles. The minimum absolute atomic E-state index is 0.175. The number of fused-ring (bicyclic) bond motifs is 2. The number of benzene rings is 2. The average Bonchev–Trinajstić information content (AvgIpc) is 3.00. The van der Waals surface area contributed by atoms with Crippen LogP contribution in [0.15, 0.2) is 62.1 Å². The molecule has 1 aliphatic heterocycles. The largest absolute Gasteiger partial charge is 0.289 e. The summed E-state index contributed by atoms with van der Waals surface area (Å²) in [4.78, 5) is 14.8. The lowest BCUT2D eigenvalue weighted by Crippen LogP contribution is -1.96. The molecular weight excluding hydrogens is 308 g/mol. The van der Waals surface area contributed by atoms with E-state index in [1.54, 1.807) is 23.5 Å². The van der Waals surface area contributed by atoms with E-state index in [1.807, 2.05) is 42.5 Å². The lowest BCUT2D eigenvalue weighted by molar-refractivity contribution is 0.103. The maximum Gasteiger partial charge on any atom is 0.191 e. The first-order valence-electron chi connectivity index (χ1n) is 6.23. The van der Waals surface area contributed by atoms with Crippen molar-refractivity contribution < 1.29 is 4.79 Å². The highest BCUT2D eigenvalue weighted by Crippen LogP contribution is 2.54. The van der Waals surface area contributed by atoms with Crippen molar-refractivity contribution in [2.24, 2.45) is 0 Å². The molecule has 2 aromatic carbocycles. The summed E-state index contributed by atoms with van der Waals surface area (Å²) in [6, 6.07) is 13.8. The molecule has 1 heterocycles. The van der Waals surface area contributed by atoms with Crippen molar-refractivity contribution in [3.05, 3.63) is 68.4 Å². The maximum atomic E-state index is 12.5. The van der Waals surface area contributed by atoms with E-state index in [4.69, 9.17) is 11.6 Å². The van der Waals surface area contributed by atoms with Gasteiger partial charge in [-0.2, -0.15) is 0 Å². The first-order chi connectivity index (χ1) is 9.72. The normalized spacial score (nSPS) is 20.1. The van der Waals surface area contributed by atoms with Crippen LogP contribution in [0.4, 0.5) is 0 Å². The van der Waals surface area contributed by atoms with Crippen molar-refractivity contribution >= 4 is 40.9 Å². The average molecular weight is 317 g/mol. The van der Waals surface area contributed by atoms with Crippen molar-refractivity contribution in [3.8, 4) is 0 Å². The Morgan fingerprint density at radius 1 is 1.00 bits per heavy atom. The van der Waals surface area contributed by atoms with Gasteiger partial charge in [-0.15, -0.1) is 0 Å². The van der Waals surface area contributed by atoms with Crippen LogP contribution < -0.4 is 0 Å². The molecule has 0 fully saturated rings. The molecule has 2 aromatic rings. The molecule has 20 heavy (non-hydrogen) atoms. The molecule has 98 valence electrons. The predicted molar refractivity (Wildman–Crippen MR) is 84.7 cm³/mol. The van der Waals surface area contributed by atoms with Gasteiger partial charge >= 0.3 is 0 Å². The van der Waals surface area contributed by atoms with Crippen LogP contribution in [0, 0.1) is 0 Å². The molecule has 0 bridgehead atoms. The predicted octanol–water partition coefficient (Wildman–Crippen LogP) is 5.19. The first-order valence-corrected chi connectivity index (χ1v) is 8.24. The molecule has 4 rings (SSSR count). The molecule has 1 nitrogen and oxygen atoms in total. The molecular formula is C16H9ClOS2. The van der Waals surface area contributed by atoms with E-state index < -0.39 is 0 Å². The second-order valence-corrected chi connectivity index (χ2v) is 7.52. The molecule has 0 atom stereocenters. The summed E-state index contributed by atoms with van der Waals surface area (Å²) in [6.07, 6.45) is 0.742. The second kappa shape index (κ2) is 4.69. The fourth-order valence-electron chi connectivity index (χ4n) is 2.48. The quantitative estimate of drug-likeness (QED) is 0.623. The SMILES string of the molecule is O=C1/C(=C2\Sc3ccc(Cl)cc3S2)Cc2ccccc21. The third kappa shape index (κ3) is 1.93. The Bertz CT molecular complexity index is 780. The zero-order valence-corrected chi connectivity index (χ0v) is 12.7. The van der Waals surface area contributed by atoms with Crippen LogP contribution in [0.25, 0.3) is 0 Å². The highest BCUT2D eigenvalue weighted by atomic mass is 35.5. The van der Waals surface area contributed by atoms with E-state index in [9.17, 15) is 4.79 Å². The Hall–Kier alpha value is -1.16. The summed E-state index contributed by atoms with van der Waals surface area (Å²) in [7, 11) is 0. The number of thioether (sulfide) groups is 2. The molecule has 2 aliphatic rings. The zero-order chi connectivity index (χ0) is 13.7. The van der Waals surface area contributed by atoms with Crippen molar-refractivity contribution in [1.29, 1.82) is 0 Å². The van der Waals surface area contributed by atoms with E-state index in [-0.39, 0.29) is 5.78 Å². The highest BCUT2D eigenvalue weighted by Gasteiger charge is 2.30.